The van der Waals surface area contributed by atoms with E-state index in [1.165, 1.54) is 0 Å². The van der Waals surface area contributed by atoms with Gasteiger partial charge in [0.1, 0.15) is 5.75 Å². The van der Waals surface area contributed by atoms with E-state index in [-0.39, 0.29) is 6.42 Å². The van der Waals surface area contributed by atoms with Gasteiger partial charge in [0.15, 0.2) is 0 Å². The third kappa shape index (κ3) is 3.91. The maximum absolute atomic E-state index is 11.5. The summed E-state index contributed by atoms with van der Waals surface area (Å²) in [4.78, 5) is 22.6. The summed E-state index contributed by atoms with van der Waals surface area (Å²) < 4.78 is 7.36. The van der Waals surface area contributed by atoms with Crippen LogP contribution in [-0.2, 0) is 11.2 Å². The van der Waals surface area contributed by atoms with Crippen LogP contribution in [0.15, 0.2) is 54.6 Å². The van der Waals surface area contributed by atoms with Gasteiger partial charge in [-0.15, -0.1) is 0 Å². The molecule has 0 bridgehead atoms. The molecule has 0 fully saturated rings. The number of rotatable bonds is 7. The van der Waals surface area contributed by atoms with Crippen LogP contribution in [0.1, 0.15) is 28.0 Å². The molecular weight excluding hydrogens is 356 g/mol. The smallest absolute Gasteiger partial charge is 0.303 e. The molecule has 0 atom stereocenters. The number of methoxy groups -OCH3 is 1. The first kappa shape index (κ1) is 19.2. The summed E-state index contributed by atoms with van der Waals surface area (Å²) in [6.45, 7) is 1.90. The molecule has 0 aliphatic carbocycles. The lowest BCUT2D eigenvalue weighted by Crippen LogP contribution is -2.12. The van der Waals surface area contributed by atoms with Gasteiger partial charge < -0.3 is 20.1 Å². The van der Waals surface area contributed by atoms with E-state index in [9.17, 15) is 9.59 Å². The fourth-order valence-electron chi connectivity index (χ4n) is 3.26. The minimum Gasteiger partial charge on any atom is -0.497 e. The molecule has 0 saturated heterocycles. The lowest BCUT2D eigenvalue weighted by atomic mass is 10.1. The summed E-state index contributed by atoms with van der Waals surface area (Å²) >= 11 is 0. The third-order valence-corrected chi connectivity index (χ3v) is 4.64. The van der Waals surface area contributed by atoms with E-state index in [0.29, 0.717) is 12.0 Å². The van der Waals surface area contributed by atoms with Gasteiger partial charge in [0, 0.05) is 22.5 Å². The van der Waals surface area contributed by atoms with E-state index in [1.807, 2.05) is 54.0 Å². The number of carboxylic acid groups (broad SMARTS) is 1. The average Bonchev–Trinajstić information content (AvgIpc) is 3.10. The predicted octanol–water partition coefficient (Wildman–Crippen LogP) is 3.58. The number of ether oxygens (including phenoxy) is 1. The number of carbonyl (C=O) groups excluding carboxylic acids is 1. The molecule has 144 valence electrons. The minimum atomic E-state index is -0.850. The van der Waals surface area contributed by atoms with Crippen LogP contribution in [0, 0.1) is 6.92 Å². The fourth-order valence-corrected chi connectivity index (χ4v) is 3.26. The third-order valence-electron chi connectivity index (χ3n) is 4.64. The molecule has 2 aromatic carbocycles. The van der Waals surface area contributed by atoms with Gasteiger partial charge in [0.2, 0.25) is 5.91 Å². The average molecular weight is 378 g/mol. The summed E-state index contributed by atoms with van der Waals surface area (Å²) in [7, 11) is 1.61. The number of aromatic nitrogens is 1. The van der Waals surface area contributed by atoms with Crippen molar-refractivity contribution in [3.63, 3.8) is 0 Å². The van der Waals surface area contributed by atoms with E-state index in [4.69, 9.17) is 15.6 Å². The van der Waals surface area contributed by atoms with Gasteiger partial charge in [-0.2, -0.15) is 0 Å². The number of hydrogen-bond donors (Lipinski definition) is 2. The fraction of sp³-hybridized carbons (Fsp3) is 0.182. The number of nitrogens with zero attached hydrogens (tertiary/aromatic N) is 1. The van der Waals surface area contributed by atoms with Crippen LogP contribution in [-0.4, -0.2) is 28.7 Å². The van der Waals surface area contributed by atoms with Crippen molar-refractivity contribution < 1.29 is 19.4 Å². The molecule has 0 unspecified atom stereocenters. The molecule has 1 aromatic heterocycles. The van der Waals surface area contributed by atoms with E-state index < -0.39 is 11.9 Å². The summed E-state index contributed by atoms with van der Waals surface area (Å²) in [5.74, 6) is -0.601. The quantitative estimate of drug-likeness (QED) is 0.657. The van der Waals surface area contributed by atoms with Gasteiger partial charge in [0.25, 0.3) is 0 Å². The molecule has 0 spiro atoms. The van der Waals surface area contributed by atoms with Crippen molar-refractivity contribution in [3.05, 3.63) is 71.4 Å². The molecule has 0 saturated carbocycles. The molecule has 0 aliphatic heterocycles. The Kier molecular flexibility index (Phi) is 5.49. The van der Waals surface area contributed by atoms with Crippen LogP contribution in [0.25, 0.3) is 16.9 Å². The molecule has 6 nitrogen and oxygen atoms in total. The highest BCUT2D eigenvalue weighted by Gasteiger charge is 2.16. The summed E-state index contributed by atoms with van der Waals surface area (Å²) in [6, 6.07) is 16.8. The second-order valence-corrected chi connectivity index (χ2v) is 6.54. The van der Waals surface area contributed by atoms with Crippen molar-refractivity contribution in [2.24, 2.45) is 5.73 Å². The van der Waals surface area contributed by atoms with Crippen LogP contribution in [0.3, 0.4) is 0 Å². The number of primary amides is 1. The standard InChI is InChI=1S/C22H22N2O4/c1-14-12-16(22(23)27)6-9-19(14)24-17(8-11-21(25)26)7-10-20(24)15-4-3-5-18(13-15)28-2/h3-7,9-10,12-13H,8,11H2,1-2H3,(H2,23,27)(H,25,26). The Hall–Kier alpha value is -3.54. The summed E-state index contributed by atoms with van der Waals surface area (Å²) in [6.07, 6.45) is 0.413. The first-order valence-electron chi connectivity index (χ1n) is 8.88. The summed E-state index contributed by atoms with van der Waals surface area (Å²) in [5, 5.41) is 9.10. The van der Waals surface area contributed by atoms with Crippen LogP contribution >= 0.6 is 0 Å². The number of amides is 1. The first-order chi connectivity index (χ1) is 13.4. The molecule has 1 amide bonds. The number of carbonyl (C=O) groups is 2. The number of aryl methyl sites for hydroxylation is 2. The van der Waals surface area contributed by atoms with Gasteiger partial charge in [0.05, 0.1) is 19.2 Å². The minimum absolute atomic E-state index is 0.0278. The molecule has 3 N–H and O–H groups in total. The van der Waals surface area contributed by atoms with Gasteiger partial charge in [-0.1, -0.05) is 12.1 Å². The number of hydrogen-bond acceptors (Lipinski definition) is 3. The Bertz CT molecular complexity index is 1040. The van der Waals surface area contributed by atoms with Gasteiger partial charge >= 0.3 is 5.97 Å². The molecule has 28 heavy (non-hydrogen) atoms. The zero-order chi connectivity index (χ0) is 20.3. The van der Waals surface area contributed by atoms with Gasteiger partial charge in [-0.3, -0.25) is 9.59 Å². The van der Waals surface area contributed by atoms with Gasteiger partial charge in [-0.05, 0) is 61.4 Å². The van der Waals surface area contributed by atoms with Crippen LogP contribution in [0.5, 0.6) is 5.75 Å². The van der Waals surface area contributed by atoms with Crippen molar-refractivity contribution in [2.75, 3.05) is 7.11 Å². The Morgan fingerprint density at radius 1 is 1.11 bits per heavy atom. The van der Waals surface area contributed by atoms with E-state index >= 15 is 0 Å². The number of carboxylic acids is 1. The molecule has 6 heteroatoms. The van der Waals surface area contributed by atoms with Crippen molar-refractivity contribution in [1.82, 2.24) is 4.57 Å². The largest absolute Gasteiger partial charge is 0.497 e. The topological polar surface area (TPSA) is 94.6 Å². The molecule has 0 aliphatic rings. The summed E-state index contributed by atoms with van der Waals surface area (Å²) in [5.41, 5.74) is 10.3. The van der Waals surface area contributed by atoms with E-state index in [0.717, 1.165) is 34.0 Å². The Labute approximate surface area is 163 Å². The van der Waals surface area contributed by atoms with Crippen LogP contribution in [0.2, 0.25) is 0 Å². The maximum atomic E-state index is 11.5. The zero-order valence-corrected chi connectivity index (χ0v) is 15.8. The molecule has 3 rings (SSSR count). The predicted molar refractivity (Wildman–Crippen MR) is 107 cm³/mol. The Balaban J connectivity index is 2.17. The van der Waals surface area contributed by atoms with Crippen molar-refractivity contribution in [3.8, 4) is 22.7 Å². The normalized spacial score (nSPS) is 10.6. The Morgan fingerprint density at radius 2 is 1.89 bits per heavy atom. The molecule has 1 heterocycles. The second-order valence-electron chi connectivity index (χ2n) is 6.54. The first-order valence-corrected chi connectivity index (χ1v) is 8.88. The van der Waals surface area contributed by atoms with Crippen molar-refractivity contribution >= 4 is 11.9 Å². The van der Waals surface area contributed by atoms with Crippen LogP contribution in [0.4, 0.5) is 0 Å². The number of nitrogens with two attached hydrogens (primary N) is 1. The zero-order valence-electron chi connectivity index (χ0n) is 15.8. The SMILES string of the molecule is COc1cccc(-c2ccc(CCC(=O)O)n2-c2ccc(C(N)=O)cc2C)c1. The lowest BCUT2D eigenvalue weighted by Gasteiger charge is -2.17. The number of aliphatic carboxylic acids is 1. The highest BCUT2D eigenvalue weighted by atomic mass is 16.5. The molecule has 3 aromatic rings. The highest BCUT2D eigenvalue weighted by molar-refractivity contribution is 5.93. The van der Waals surface area contributed by atoms with Crippen molar-refractivity contribution in [2.45, 2.75) is 19.8 Å². The highest BCUT2D eigenvalue weighted by Crippen LogP contribution is 2.31. The van der Waals surface area contributed by atoms with Crippen molar-refractivity contribution in [1.29, 1.82) is 0 Å². The van der Waals surface area contributed by atoms with Gasteiger partial charge in [-0.25, -0.2) is 0 Å². The molecule has 0 radical (unpaired) electrons. The Morgan fingerprint density at radius 3 is 2.54 bits per heavy atom. The second kappa shape index (κ2) is 8.00. The lowest BCUT2D eigenvalue weighted by molar-refractivity contribution is -0.136. The molecular formula is C22H22N2O4. The maximum Gasteiger partial charge on any atom is 0.303 e. The van der Waals surface area contributed by atoms with E-state index in [2.05, 4.69) is 0 Å². The monoisotopic (exact) mass is 378 g/mol. The van der Waals surface area contributed by atoms with E-state index in [1.54, 1.807) is 19.2 Å². The number of benzene rings is 2. The van der Waals surface area contributed by atoms with Crippen LogP contribution < -0.4 is 10.5 Å².